The highest BCUT2D eigenvalue weighted by molar-refractivity contribution is 6.31. The molecule has 0 radical (unpaired) electrons. The number of benzene rings is 2. The number of hydrogen-bond donors (Lipinski definition) is 1. The Bertz CT molecular complexity index is 650. The van der Waals surface area contributed by atoms with Gasteiger partial charge >= 0.3 is 0 Å². The summed E-state index contributed by atoms with van der Waals surface area (Å²) in [4.78, 5) is 23.9. The molecule has 4 heteroatoms. The molecule has 102 valence electrons. The lowest BCUT2D eigenvalue weighted by Gasteiger charge is -2.12. The molecule has 2 aromatic carbocycles. The molecule has 1 atom stereocenters. The Kier molecular flexibility index (Phi) is 4.32. The maximum Gasteiger partial charge on any atom is 0.196 e. The van der Waals surface area contributed by atoms with Crippen LogP contribution >= 0.6 is 11.6 Å². The second-order valence-electron chi connectivity index (χ2n) is 4.42. The van der Waals surface area contributed by atoms with E-state index >= 15 is 0 Å². The number of aliphatic hydroxyl groups excluding tert-OH is 1. The first kappa shape index (κ1) is 14.4. The van der Waals surface area contributed by atoms with Crippen molar-refractivity contribution in [1.82, 2.24) is 0 Å². The molecule has 0 heterocycles. The van der Waals surface area contributed by atoms with Crippen LogP contribution in [0.15, 0.2) is 48.5 Å². The van der Waals surface area contributed by atoms with E-state index < -0.39 is 11.9 Å². The van der Waals surface area contributed by atoms with Crippen LogP contribution in [0.2, 0.25) is 5.02 Å². The topological polar surface area (TPSA) is 54.4 Å². The Labute approximate surface area is 121 Å². The van der Waals surface area contributed by atoms with E-state index in [1.165, 1.54) is 25.1 Å². The molecule has 1 unspecified atom stereocenters. The summed E-state index contributed by atoms with van der Waals surface area (Å²) in [5.74, 6) is -0.783. The first-order valence-corrected chi connectivity index (χ1v) is 6.46. The van der Waals surface area contributed by atoms with Crippen LogP contribution in [0.1, 0.15) is 39.3 Å². The fraction of sp³-hybridized carbons (Fsp3) is 0.125. The van der Waals surface area contributed by atoms with E-state index in [9.17, 15) is 14.7 Å². The number of aliphatic hydroxyl groups is 1. The zero-order valence-electron chi connectivity index (χ0n) is 10.8. The van der Waals surface area contributed by atoms with Crippen molar-refractivity contribution >= 4 is 23.2 Å². The Morgan fingerprint density at radius 1 is 1.05 bits per heavy atom. The van der Waals surface area contributed by atoms with Gasteiger partial charge in [0.25, 0.3) is 0 Å². The molecule has 2 rings (SSSR count). The van der Waals surface area contributed by atoms with E-state index in [0.717, 1.165) is 0 Å². The first-order chi connectivity index (χ1) is 9.50. The quantitative estimate of drug-likeness (QED) is 0.877. The smallest absolute Gasteiger partial charge is 0.196 e. The maximum atomic E-state index is 12.3. The molecule has 0 amide bonds. The van der Waals surface area contributed by atoms with Gasteiger partial charge in [-0.2, -0.15) is 0 Å². The predicted octanol–water partition coefficient (Wildman–Crippen LogP) is 3.46. The van der Waals surface area contributed by atoms with Gasteiger partial charge in [0.2, 0.25) is 0 Å². The molecule has 20 heavy (non-hydrogen) atoms. The van der Waals surface area contributed by atoms with Gasteiger partial charge in [0.05, 0.1) is 0 Å². The van der Waals surface area contributed by atoms with Gasteiger partial charge < -0.3 is 5.11 Å². The monoisotopic (exact) mass is 288 g/mol. The average molecular weight is 289 g/mol. The van der Waals surface area contributed by atoms with E-state index in [2.05, 4.69) is 0 Å². The van der Waals surface area contributed by atoms with Crippen molar-refractivity contribution in [3.8, 4) is 0 Å². The van der Waals surface area contributed by atoms with Gasteiger partial charge in [-0.15, -0.1) is 0 Å². The van der Waals surface area contributed by atoms with Gasteiger partial charge in [-0.1, -0.05) is 41.9 Å². The maximum absolute atomic E-state index is 12.3. The molecule has 0 saturated heterocycles. The van der Waals surface area contributed by atoms with Crippen molar-refractivity contribution in [2.24, 2.45) is 0 Å². The van der Waals surface area contributed by atoms with Crippen LogP contribution in [0.3, 0.4) is 0 Å². The number of carbonyl (C=O) groups is 2. The molecule has 0 bridgehead atoms. The van der Waals surface area contributed by atoms with Crippen LogP contribution in [0, 0.1) is 0 Å². The lowest BCUT2D eigenvalue weighted by molar-refractivity contribution is 0.0743. The summed E-state index contributed by atoms with van der Waals surface area (Å²) >= 11 is 5.84. The summed E-state index contributed by atoms with van der Waals surface area (Å²) in [6, 6.07) is 13.0. The molecule has 2 aromatic rings. The molecule has 0 aliphatic rings. The lowest BCUT2D eigenvalue weighted by atomic mass is 9.95. The molecule has 0 fully saturated rings. The average Bonchev–Trinajstić information content (AvgIpc) is 2.46. The van der Waals surface area contributed by atoms with Crippen molar-refractivity contribution in [1.29, 1.82) is 0 Å². The third-order valence-electron chi connectivity index (χ3n) is 2.99. The highest BCUT2D eigenvalue weighted by atomic mass is 35.5. The van der Waals surface area contributed by atoms with Crippen LogP contribution in [-0.4, -0.2) is 16.7 Å². The summed E-state index contributed by atoms with van der Waals surface area (Å²) in [7, 11) is 0. The minimum absolute atomic E-state index is 0.179. The highest BCUT2D eigenvalue weighted by Crippen LogP contribution is 2.23. The van der Waals surface area contributed by atoms with Gasteiger partial charge in [0, 0.05) is 16.1 Å². The minimum Gasteiger partial charge on any atom is -0.380 e. The molecule has 0 aromatic heterocycles. The van der Waals surface area contributed by atoms with E-state index in [0.29, 0.717) is 10.6 Å². The Morgan fingerprint density at radius 3 is 2.30 bits per heavy atom. The van der Waals surface area contributed by atoms with Crippen LogP contribution in [-0.2, 0) is 0 Å². The van der Waals surface area contributed by atoms with Crippen molar-refractivity contribution in [2.75, 3.05) is 0 Å². The zero-order chi connectivity index (χ0) is 14.7. The number of rotatable bonds is 4. The molecule has 0 saturated carbocycles. The first-order valence-electron chi connectivity index (χ1n) is 6.08. The van der Waals surface area contributed by atoms with Crippen LogP contribution < -0.4 is 0 Å². The number of Topliss-reactive ketones (excluding diaryl/α,β-unsaturated/α-hetero) is 2. The number of ketones is 2. The third-order valence-corrected chi connectivity index (χ3v) is 3.23. The second kappa shape index (κ2) is 5.99. The van der Waals surface area contributed by atoms with Crippen LogP contribution in [0.4, 0.5) is 0 Å². The van der Waals surface area contributed by atoms with Gasteiger partial charge in [-0.3, -0.25) is 9.59 Å². The Balaban J connectivity index is 2.41. The van der Waals surface area contributed by atoms with Crippen LogP contribution in [0.25, 0.3) is 0 Å². The molecule has 3 nitrogen and oxygen atoms in total. The van der Waals surface area contributed by atoms with Crippen molar-refractivity contribution in [2.45, 2.75) is 13.0 Å². The molecular formula is C16H13ClO3. The number of hydrogen-bond acceptors (Lipinski definition) is 3. The fourth-order valence-corrected chi connectivity index (χ4v) is 2.13. The molecule has 0 aliphatic heterocycles. The van der Waals surface area contributed by atoms with E-state index in [1.54, 1.807) is 30.3 Å². The van der Waals surface area contributed by atoms with Crippen molar-refractivity contribution < 1.29 is 14.7 Å². The number of carbonyl (C=O) groups excluding carboxylic acids is 2. The van der Waals surface area contributed by atoms with E-state index in [1.807, 2.05) is 0 Å². The molecular weight excluding hydrogens is 276 g/mol. The SMILES string of the molecule is CC(=O)c1cc(Cl)ccc1C(=O)C(O)c1ccccc1. The fourth-order valence-electron chi connectivity index (χ4n) is 1.96. The summed E-state index contributed by atoms with van der Waals surface area (Å²) < 4.78 is 0. The zero-order valence-corrected chi connectivity index (χ0v) is 11.6. The largest absolute Gasteiger partial charge is 0.380 e. The van der Waals surface area contributed by atoms with Crippen molar-refractivity contribution in [3.63, 3.8) is 0 Å². The summed E-state index contributed by atoms with van der Waals surface area (Å²) in [5, 5.41) is 10.5. The Hall–Kier alpha value is -1.97. The van der Waals surface area contributed by atoms with E-state index in [-0.39, 0.29) is 16.9 Å². The summed E-state index contributed by atoms with van der Waals surface area (Å²) in [5.41, 5.74) is 0.887. The minimum atomic E-state index is -1.30. The van der Waals surface area contributed by atoms with E-state index in [4.69, 9.17) is 11.6 Å². The summed E-state index contributed by atoms with van der Waals surface area (Å²) in [6.07, 6.45) is -1.30. The standard InChI is InChI=1S/C16H13ClO3/c1-10(18)14-9-12(17)7-8-13(14)16(20)15(19)11-5-3-2-4-6-11/h2-9,15,19H,1H3. The van der Waals surface area contributed by atoms with Crippen LogP contribution in [0.5, 0.6) is 0 Å². The number of halogens is 1. The highest BCUT2D eigenvalue weighted by Gasteiger charge is 2.23. The lowest BCUT2D eigenvalue weighted by Crippen LogP contribution is -2.15. The Morgan fingerprint density at radius 2 is 1.70 bits per heavy atom. The van der Waals surface area contributed by atoms with Gasteiger partial charge in [0.1, 0.15) is 6.10 Å². The predicted molar refractivity (Wildman–Crippen MR) is 77.2 cm³/mol. The molecule has 0 aliphatic carbocycles. The van der Waals surface area contributed by atoms with Crippen molar-refractivity contribution in [3.05, 3.63) is 70.2 Å². The van der Waals surface area contributed by atoms with Gasteiger partial charge in [0.15, 0.2) is 11.6 Å². The second-order valence-corrected chi connectivity index (χ2v) is 4.86. The van der Waals surface area contributed by atoms with Gasteiger partial charge in [-0.05, 0) is 30.7 Å². The third kappa shape index (κ3) is 2.95. The molecule has 1 N–H and O–H groups in total. The van der Waals surface area contributed by atoms with Gasteiger partial charge in [-0.25, -0.2) is 0 Å². The summed E-state index contributed by atoms with van der Waals surface area (Å²) in [6.45, 7) is 1.36. The molecule has 0 spiro atoms. The normalized spacial score (nSPS) is 11.9.